The average molecular weight is 596 g/mol. The fraction of sp³-hybridized carbons (Fsp3) is 0.379. The van der Waals surface area contributed by atoms with Crippen LogP contribution in [0.2, 0.25) is 0 Å². The summed E-state index contributed by atoms with van der Waals surface area (Å²) >= 11 is 0. The van der Waals surface area contributed by atoms with Crippen molar-refractivity contribution in [1.82, 2.24) is 29.1 Å². The summed E-state index contributed by atoms with van der Waals surface area (Å²) < 4.78 is 57.3. The first kappa shape index (κ1) is 28.0. The van der Waals surface area contributed by atoms with Gasteiger partial charge in [0.1, 0.15) is 5.82 Å². The number of fused-ring (bicyclic) bond motifs is 1. The Morgan fingerprint density at radius 3 is 2.50 bits per heavy atom. The topological polar surface area (TPSA) is 122 Å². The number of halogens is 2. The zero-order valence-corrected chi connectivity index (χ0v) is 23.9. The summed E-state index contributed by atoms with van der Waals surface area (Å²) in [7, 11) is -4.10. The lowest BCUT2D eigenvalue weighted by molar-refractivity contribution is 0.199. The number of carbonyl (C=O) groups excluding carboxylic acids is 1. The summed E-state index contributed by atoms with van der Waals surface area (Å²) in [4.78, 5) is 27.0. The van der Waals surface area contributed by atoms with Crippen molar-refractivity contribution in [1.29, 1.82) is 0 Å². The average Bonchev–Trinajstić information content (AvgIpc) is 3.64. The highest BCUT2D eigenvalue weighted by atomic mass is 32.2. The number of nitrogens with zero attached hydrogens (tertiary/aromatic N) is 5. The van der Waals surface area contributed by atoms with Gasteiger partial charge in [0.2, 0.25) is 0 Å². The van der Waals surface area contributed by atoms with Crippen LogP contribution < -0.4 is 10.6 Å². The molecule has 2 atom stereocenters. The molecule has 3 aromatic heterocycles. The SMILES string of the molecule is Cc1ccc(S(=O)(=O)n2cc(-c3ncc(F)c(NC4CCC[C@@H](NC(=O)N5CCCC5)C4)n3)c3cc(F)cnc32)cc1. The van der Waals surface area contributed by atoms with E-state index in [1.54, 1.807) is 12.1 Å². The second-order valence-corrected chi connectivity index (χ2v) is 12.7. The molecule has 2 N–H and O–H groups in total. The van der Waals surface area contributed by atoms with Crippen molar-refractivity contribution in [3.63, 3.8) is 0 Å². The molecule has 0 bridgehead atoms. The quantitative estimate of drug-likeness (QED) is 0.327. The van der Waals surface area contributed by atoms with Gasteiger partial charge in [-0.05, 0) is 63.6 Å². The molecule has 1 aliphatic heterocycles. The largest absolute Gasteiger partial charge is 0.365 e. The van der Waals surface area contributed by atoms with Crippen LogP contribution in [0.1, 0.15) is 44.1 Å². The van der Waals surface area contributed by atoms with Crippen LogP contribution in [0.25, 0.3) is 22.4 Å². The third kappa shape index (κ3) is 5.52. The standard InChI is InChI=1S/C29H31F2N7O3S/c1-18-7-9-22(10-8-18)42(40,41)38-17-24(23-13-19(30)15-33-28(23)38)26-32-16-25(31)27(36-26)34-20-5-4-6-21(14-20)35-29(39)37-11-2-3-12-37/h7-10,13,15-17,20-21H,2-6,11-12,14H2,1H3,(H,35,39)(H,32,34,36)/t20?,21-/m1/s1. The molecule has 2 fully saturated rings. The van der Waals surface area contributed by atoms with Gasteiger partial charge in [0.25, 0.3) is 10.0 Å². The molecule has 4 aromatic rings. The Bertz CT molecular complexity index is 1740. The predicted octanol–water partition coefficient (Wildman–Crippen LogP) is 4.85. The van der Waals surface area contributed by atoms with Gasteiger partial charge >= 0.3 is 6.03 Å². The highest BCUT2D eigenvalue weighted by Crippen LogP contribution is 2.32. The zero-order chi connectivity index (χ0) is 29.4. The first-order chi connectivity index (χ1) is 20.2. The third-order valence-electron chi connectivity index (χ3n) is 7.88. The van der Waals surface area contributed by atoms with Gasteiger partial charge in [-0.1, -0.05) is 17.7 Å². The molecular formula is C29H31F2N7O3S. The molecule has 220 valence electrons. The van der Waals surface area contributed by atoms with E-state index in [0.717, 1.165) is 73.2 Å². The van der Waals surface area contributed by atoms with Crippen LogP contribution in [-0.2, 0) is 10.0 Å². The Hall–Kier alpha value is -4.13. The summed E-state index contributed by atoms with van der Waals surface area (Å²) in [5, 5.41) is 6.43. The maximum atomic E-state index is 14.9. The summed E-state index contributed by atoms with van der Waals surface area (Å²) in [5.74, 6) is -1.38. The second kappa shape index (κ2) is 11.3. The second-order valence-electron chi connectivity index (χ2n) is 10.9. The molecule has 10 nitrogen and oxygen atoms in total. The molecule has 1 unspecified atom stereocenters. The van der Waals surface area contributed by atoms with Gasteiger partial charge in [-0.25, -0.2) is 40.9 Å². The fourth-order valence-corrected chi connectivity index (χ4v) is 6.99. The smallest absolute Gasteiger partial charge is 0.317 e. The van der Waals surface area contributed by atoms with Crippen LogP contribution in [0.5, 0.6) is 0 Å². The van der Waals surface area contributed by atoms with Crippen molar-refractivity contribution >= 4 is 32.9 Å². The van der Waals surface area contributed by atoms with Crippen LogP contribution in [-0.4, -0.2) is 63.4 Å². The number of benzene rings is 1. The van der Waals surface area contributed by atoms with E-state index in [4.69, 9.17) is 0 Å². The van der Waals surface area contributed by atoms with Gasteiger partial charge in [0.05, 0.1) is 17.3 Å². The number of urea groups is 1. The van der Waals surface area contributed by atoms with E-state index in [-0.39, 0.29) is 51.2 Å². The van der Waals surface area contributed by atoms with Crippen LogP contribution in [0.3, 0.4) is 0 Å². The van der Waals surface area contributed by atoms with E-state index in [1.165, 1.54) is 18.3 Å². The lowest BCUT2D eigenvalue weighted by atomic mass is 9.91. The Balaban J connectivity index is 1.29. The Morgan fingerprint density at radius 1 is 1.00 bits per heavy atom. The molecule has 0 radical (unpaired) electrons. The van der Waals surface area contributed by atoms with Gasteiger partial charge in [0, 0.05) is 42.3 Å². The van der Waals surface area contributed by atoms with Crippen molar-refractivity contribution < 1.29 is 22.0 Å². The summed E-state index contributed by atoms with van der Waals surface area (Å²) in [6.45, 7) is 3.37. The molecule has 1 aliphatic carbocycles. The summed E-state index contributed by atoms with van der Waals surface area (Å²) in [5.41, 5.74) is 1.08. The van der Waals surface area contributed by atoms with Gasteiger partial charge in [-0.3, -0.25) is 0 Å². The number of nitrogens with one attached hydrogen (secondary N) is 2. The number of pyridine rings is 1. The Kier molecular flexibility index (Phi) is 7.52. The van der Waals surface area contributed by atoms with Crippen LogP contribution in [0, 0.1) is 18.6 Å². The van der Waals surface area contributed by atoms with Crippen molar-refractivity contribution in [2.75, 3.05) is 18.4 Å². The fourth-order valence-electron chi connectivity index (χ4n) is 5.67. The maximum Gasteiger partial charge on any atom is 0.317 e. The molecule has 1 saturated carbocycles. The van der Waals surface area contributed by atoms with Gasteiger partial charge in [-0.2, -0.15) is 0 Å². The Labute approximate surface area is 242 Å². The minimum Gasteiger partial charge on any atom is -0.365 e. The van der Waals surface area contributed by atoms with Crippen molar-refractivity contribution in [2.24, 2.45) is 0 Å². The van der Waals surface area contributed by atoms with E-state index in [1.807, 2.05) is 11.8 Å². The molecule has 2 aliphatic rings. The normalized spacial score (nSPS) is 19.3. The number of hydrogen-bond donors (Lipinski definition) is 2. The molecule has 13 heteroatoms. The van der Waals surface area contributed by atoms with E-state index < -0.39 is 21.7 Å². The first-order valence-corrected chi connectivity index (χ1v) is 15.5. The monoisotopic (exact) mass is 595 g/mol. The van der Waals surface area contributed by atoms with Gasteiger partial charge < -0.3 is 15.5 Å². The third-order valence-corrected chi connectivity index (χ3v) is 9.54. The maximum absolute atomic E-state index is 14.9. The molecule has 2 amide bonds. The number of likely N-dealkylation sites (tertiary alicyclic amines) is 1. The number of carbonyl (C=O) groups is 1. The highest BCUT2D eigenvalue weighted by molar-refractivity contribution is 7.90. The number of aromatic nitrogens is 4. The number of rotatable bonds is 6. The van der Waals surface area contributed by atoms with E-state index in [2.05, 4.69) is 25.6 Å². The van der Waals surface area contributed by atoms with E-state index in [0.29, 0.717) is 6.42 Å². The molecule has 1 saturated heterocycles. The summed E-state index contributed by atoms with van der Waals surface area (Å²) in [6.07, 6.45) is 8.29. The highest BCUT2D eigenvalue weighted by Gasteiger charge is 2.28. The predicted molar refractivity (Wildman–Crippen MR) is 153 cm³/mol. The molecule has 0 spiro atoms. The van der Waals surface area contributed by atoms with E-state index in [9.17, 15) is 22.0 Å². The van der Waals surface area contributed by atoms with Crippen molar-refractivity contribution in [2.45, 2.75) is 62.4 Å². The van der Waals surface area contributed by atoms with Crippen molar-refractivity contribution in [3.8, 4) is 11.4 Å². The molecule has 6 rings (SSSR count). The molecular weight excluding hydrogens is 564 g/mol. The molecule has 42 heavy (non-hydrogen) atoms. The van der Waals surface area contributed by atoms with E-state index >= 15 is 0 Å². The minimum atomic E-state index is -4.10. The van der Waals surface area contributed by atoms with Gasteiger partial charge in [0.15, 0.2) is 23.1 Å². The number of amides is 2. The van der Waals surface area contributed by atoms with Crippen LogP contribution in [0.15, 0.2) is 53.8 Å². The summed E-state index contributed by atoms with van der Waals surface area (Å²) in [6, 6.07) is 7.24. The first-order valence-electron chi connectivity index (χ1n) is 14.0. The number of hydrogen-bond acceptors (Lipinski definition) is 7. The minimum absolute atomic E-state index is 0.00160. The molecule has 1 aromatic carbocycles. The van der Waals surface area contributed by atoms with Crippen LogP contribution in [0.4, 0.5) is 19.4 Å². The number of anilines is 1. The lowest BCUT2D eigenvalue weighted by Crippen LogP contribution is -2.47. The zero-order valence-electron chi connectivity index (χ0n) is 23.1. The van der Waals surface area contributed by atoms with Crippen molar-refractivity contribution in [3.05, 3.63) is 66.1 Å². The molecule has 4 heterocycles. The Morgan fingerprint density at radius 2 is 1.74 bits per heavy atom. The lowest BCUT2D eigenvalue weighted by Gasteiger charge is -2.32. The van der Waals surface area contributed by atoms with Crippen LogP contribution >= 0.6 is 0 Å². The number of aryl methyl sites for hydroxylation is 1. The van der Waals surface area contributed by atoms with Gasteiger partial charge in [-0.15, -0.1) is 0 Å².